The number of nitrogens with two attached hydrogens (primary N) is 1. The van der Waals surface area contributed by atoms with Crippen LogP contribution in [0, 0.1) is 11.3 Å². The van der Waals surface area contributed by atoms with Gasteiger partial charge in [-0.3, -0.25) is 9.59 Å². The molecule has 11 heteroatoms. The van der Waals surface area contributed by atoms with E-state index in [1.54, 1.807) is 19.9 Å². The maximum Gasteiger partial charge on any atom is 0.349 e. The summed E-state index contributed by atoms with van der Waals surface area (Å²) in [5.74, 6) is -3.99. The number of benzene rings is 1. The van der Waals surface area contributed by atoms with Crippen molar-refractivity contribution in [1.29, 1.82) is 0 Å². The van der Waals surface area contributed by atoms with Gasteiger partial charge < -0.3 is 29.6 Å². The Balaban J connectivity index is 0.000000838. The molecule has 5 rings (SSSR count). The number of alkyl halides is 2. The summed E-state index contributed by atoms with van der Waals surface area (Å²) in [4.78, 5) is 36.8. The van der Waals surface area contributed by atoms with Crippen LogP contribution in [0.4, 0.5) is 8.78 Å². The van der Waals surface area contributed by atoms with E-state index in [-0.39, 0.29) is 46.5 Å². The number of fused-ring (bicyclic) bond motifs is 3. The first-order valence-electron chi connectivity index (χ1n) is 16.1. The van der Waals surface area contributed by atoms with Gasteiger partial charge in [-0.25, -0.2) is 13.6 Å². The number of likely N-dealkylation sites (tertiary alicyclic amines) is 1. The number of nitrogens with zero attached hydrogens (tertiary/aromatic N) is 1. The van der Waals surface area contributed by atoms with Crippen LogP contribution in [0.1, 0.15) is 104 Å². The molecule has 4 aliphatic rings. The zero-order chi connectivity index (χ0) is 33.6. The number of primary amides is 1. The maximum absolute atomic E-state index is 14.6. The van der Waals surface area contributed by atoms with Crippen molar-refractivity contribution in [3.63, 3.8) is 0 Å². The fraction of sp³-hybridized carbons (Fsp3) is 0.735. The van der Waals surface area contributed by atoms with Crippen LogP contribution in [0.5, 0.6) is 5.75 Å². The van der Waals surface area contributed by atoms with E-state index in [0.29, 0.717) is 45.1 Å². The molecular weight excluding hydrogens is 586 g/mol. The number of rotatable bonds is 11. The molecule has 4 fully saturated rings. The highest BCUT2D eigenvalue weighted by Crippen LogP contribution is 2.44. The summed E-state index contributed by atoms with van der Waals surface area (Å²) in [6.45, 7) is 11.8. The minimum absolute atomic E-state index is 0.00926. The van der Waals surface area contributed by atoms with Crippen molar-refractivity contribution < 1.29 is 42.1 Å². The van der Waals surface area contributed by atoms with Gasteiger partial charge in [-0.05, 0) is 82.9 Å². The van der Waals surface area contributed by atoms with E-state index in [0.717, 1.165) is 44.8 Å². The van der Waals surface area contributed by atoms with Gasteiger partial charge in [-0.15, -0.1) is 0 Å². The maximum atomic E-state index is 14.6. The summed E-state index contributed by atoms with van der Waals surface area (Å²) in [5.41, 5.74) is 4.00. The minimum atomic E-state index is -3.16. The molecule has 3 aliphatic heterocycles. The lowest BCUT2D eigenvalue weighted by Gasteiger charge is -2.46. The summed E-state index contributed by atoms with van der Waals surface area (Å²) in [7, 11) is 1.23. The van der Waals surface area contributed by atoms with Crippen LogP contribution in [0.25, 0.3) is 0 Å². The number of ether oxygens (including phenoxy) is 4. The van der Waals surface area contributed by atoms with E-state index in [4.69, 9.17) is 24.7 Å². The zero-order valence-corrected chi connectivity index (χ0v) is 28.0. The third-order valence-electron chi connectivity index (χ3n) is 9.16. The molecule has 9 nitrogen and oxygen atoms in total. The van der Waals surface area contributed by atoms with Crippen molar-refractivity contribution in [2.75, 3.05) is 33.4 Å². The van der Waals surface area contributed by atoms with E-state index >= 15 is 0 Å². The minimum Gasteiger partial charge on any atom is -0.476 e. The second-order valence-corrected chi connectivity index (χ2v) is 13.8. The Morgan fingerprint density at radius 2 is 1.67 bits per heavy atom. The molecule has 1 aromatic rings. The number of esters is 1. The van der Waals surface area contributed by atoms with Crippen LogP contribution in [0.2, 0.25) is 0 Å². The molecule has 0 unspecified atom stereocenters. The largest absolute Gasteiger partial charge is 0.476 e. The predicted molar refractivity (Wildman–Crippen MR) is 166 cm³/mol. The number of piperidine rings is 1. The first kappa shape index (κ1) is 36.7. The zero-order valence-electron chi connectivity index (χ0n) is 28.0. The van der Waals surface area contributed by atoms with Crippen LogP contribution >= 0.6 is 0 Å². The Morgan fingerprint density at radius 1 is 1.07 bits per heavy atom. The number of methoxy groups -OCH3 is 1. The predicted octanol–water partition coefficient (Wildman–Crippen LogP) is 5.72. The molecule has 1 aliphatic carbocycles. The highest BCUT2D eigenvalue weighted by molar-refractivity contribution is 5.79. The summed E-state index contributed by atoms with van der Waals surface area (Å²) >= 11 is 0. The lowest BCUT2D eigenvalue weighted by atomic mass is 9.72. The molecular formula is C34H52F2N2O7. The number of hydrogen-bond acceptors (Lipinski definition) is 7. The van der Waals surface area contributed by atoms with Gasteiger partial charge in [0, 0.05) is 31.3 Å². The van der Waals surface area contributed by atoms with Crippen molar-refractivity contribution in [2.24, 2.45) is 17.1 Å². The normalized spacial score (nSPS) is 22.8. The van der Waals surface area contributed by atoms with Gasteiger partial charge in [-0.1, -0.05) is 19.9 Å². The van der Waals surface area contributed by atoms with E-state index in [2.05, 4.69) is 0 Å². The van der Waals surface area contributed by atoms with E-state index < -0.39 is 17.5 Å². The average Bonchev–Trinajstić information content (AvgIpc) is 3.00. The quantitative estimate of drug-likeness (QED) is 0.308. The van der Waals surface area contributed by atoms with E-state index in [9.17, 15) is 23.2 Å². The van der Waals surface area contributed by atoms with Gasteiger partial charge in [0.1, 0.15) is 5.75 Å². The van der Waals surface area contributed by atoms with Gasteiger partial charge in [0.25, 0.3) is 5.92 Å². The molecule has 2 amide bonds. The molecule has 1 saturated carbocycles. The van der Waals surface area contributed by atoms with Gasteiger partial charge in [0.15, 0.2) is 5.60 Å². The van der Waals surface area contributed by atoms with Gasteiger partial charge in [0.05, 0.1) is 44.5 Å². The molecule has 1 aromatic carbocycles. The van der Waals surface area contributed by atoms with Crippen LogP contribution in [0.15, 0.2) is 18.2 Å². The van der Waals surface area contributed by atoms with Gasteiger partial charge >= 0.3 is 5.97 Å². The summed E-state index contributed by atoms with van der Waals surface area (Å²) in [6, 6.07) is 4.76. The first-order chi connectivity index (χ1) is 21.0. The van der Waals surface area contributed by atoms with Crippen molar-refractivity contribution in [1.82, 2.24) is 4.90 Å². The SMILES string of the molecule is CC(C)C(N)=O.COC(=O)C(C)(C)Oc1ccc(C2CCN(C(=O)C[C@@H](C)OCC34CCC(CC3)OC4)CC2)cc1C(C)(F)F. The van der Waals surface area contributed by atoms with Crippen molar-refractivity contribution >= 4 is 17.8 Å². The fourth-order valence-electron chi connectivity index (χ4n) is 6.01. The molecule has 0 aromatic heterocycles. The second kappa shape index (κ2) is 15.2. The van der Waals surface area contributed by atoms with Crippen LogP contribution in [0.3, 0.4) is 0 Å². The van der Waals surface area contributed by atoms with Crippen molar-refractivity contribution in [3.8, 4) is 5.75 Å². The highest BCUT2D eigenvalue weighted by atomic mass is 19.3. The lowest BCUT2D eigenvalue weighted by molar-refractivity contribution is -0.156. The van der Waals surface area contributed by atoms with Crippen LogP contribution < -0.4 is 10.5 Å². The second-order valence-electron chi connectivity index (χ2n) is 13.8. The third-order valence-corrected chi connectivity index (χ3v) is 9.16. The van der Waals surface area contributed by atoms with Crippen molar-refractivity contribution in [3.05, 3.63) is 29.3 Å². The summed E-state index contributed by atoms with van der Waals surface area (Å²) in [6.07, 6.45) is 6.43. The average molecular weight is 639 g/mol. The molecule has 254 valence electrons. The summed E-state index contributed by atoms with van der Waals surface area (Å²) in [5, 5.41) is 0. The number of carbonyl (C=O) groups is 3. The fourth-order valence-corrected chi connectivity index (χ4v) is 6.01. The highest BCUT2D eigenvalue weighted by Gasteiger charge is 2.42. The van der Waals surface area contributed by atoms with Crippen LogP contribution in [-0.4, -0.2) is 73.9 Å². The third kappa shape index (κ3) is 10.1. The molecule has 1 atom stereocenters. The lowest BCUT2D eigenvalue weighted by Crippen LogP contribution is -2.46. The van der Waals surface area contributed by atoms with Gasteiger partial charge in [0.2, 0.25) is 11.8 Å². The van der Waals surface area contributed by atoms with Gasteiger partial charge in [-0.2, -0.15) is 0 Å². The molecule has 3 saturated heterocycles. The van der Waals surface area contributed by atoms with E-state index in [1.807, 2.05) is 11.8 Å². The molecule has 2 N–H and O–H groups in total. The Kier molecular flexibility index (Phi) is 12.4. The smallest absolute Gasteiger partial charge is 0.349 e. The van der Waals surface area contributed by atoms with Crippen LogP contribution in [-0.2, 0) is 34.5 Å². The Labute approximate surface area is 266 Å². The number of amides is 2. The van der Waals surface area contributed by atoms with E-state index in [1.165, 1.54) is 33.1 Å². The Morgan fingerprint density at radius 3 is 2.16 bits per heavy atom. The standard InChI is InChI=1S/C30H43F2NO6.C4H9NO/c1-20(37-18-30-12-8-23(9-13-30)38-19-30)16-26(34)33-14-10-21(11-15-33)22-6-7-25(24(17-22)29(4,31)32)39-28(2,3)27(35)36-5;1-3(2)4(5)6/h6-7,17,20-21,23H,8-16,18-19H2,1-5H3;3H,1-2H3,(H2,5,6)/t20-,23?,30?;/m1./s1. The van der Waals surface area contributed by atoms with Crippen molar-refractivity contribution in [2.45, 2.75) is 116 Å². The molecule has 3 heterocycles. The Bertz CT molecular complexity index is 1150. The molecule has 0 spiro atoms. The molecule has 45 heavy (non-hydrogen) atoms. The first-order valence-corrected chi connectivity index (χ1v) is 16.1. The summed E-state index contributed by atoms with van der Waals surface area (Å²) < 4.78 is 51.6. The molecule has 0 radical (unpaired) electrons. The number of hydrogen-bond donors (Lipinski definition) is 1. The molecule has 2 bridgehead atoms. The topological polar surface area (TPSA) is 117 Å². The number of carbonyl (C=O) groups excluding carboxylic acids is 3. The number of halogens is 2. The monoisotopic (exact) mass is 638 g/mol. The Hall–Kier alpha value is -2.79.